The van der Waals surface area contributed by atoms with Crippen LogP contribution in [-0.2, 0) is 0 Å². The summed E-state index contributed by atoms with van der Waals surface area (Å²) in [6, 6.07) is 5.30. The zero-order valence-corrected chi connectivity index (χ0v) is 15.8. The third-order valence-electron chi connectivity index (χ3n) is 5.32. The number of hydrogen-bond acceptors (Lipinski definition) is 5. The maximum atomic E-state index is 12.3. The Hall–Kier alpha value is -3.03. The fourth-order valence-corrected chi connectivity index (χ4v) is 3.74. The highest BCUT2D eigenvalue weighted by atomic mass is 16.3. The molecule has 0 radical (unpaired) electrons. The van der Waals surface area contributed by atoms with Gasteiger partial charge in [-0.05, 0) is 43.9 Å². The maximum absolute atomic E-state index is 12.3. The number of amides is 3. The van der Waals surface area contributed by atoms with Gasteiger partial charge in [0.1, 0.15) is 12.1 Å². The second-order valence-corrected chi connectivity index (χ2v) is 7.28. The number of anilines is 2. The van der Waals surface area contributed by atoms with Crippen LogP contribution in [0.25, 0.3) is 0 Å². The highest BCUT2D eigenvalue weighted by Crippen LogP contribution is 2.19. The number of hydrogen-bond donors (Lipinski definition) is 2. The van der Waals surface area contributed by atoms with Gasteiger partial charge in [0.2, 0.25) is 0 Å². The minimum absolute atomic E-state index is 0.0270. The van der Waals surface area contributed by atoms with Crippen LogP contribution in [-0.4, -0.2) is 54.0 Å². The molecule has 2 aromatic rings. The molecule has 0 saturated carbocycles. The molecule has 2 saturated heterocycles. The molecular formula is C20H25N5O3. The molecule has 8 heteroatoms. The van der Waals surface area contributed by atoms with Crippen molar-refractivity contribution in [3.63, 3.8) is 0 Å². The molecule has 2 aliphatic rings. The molecule has 8 nitrogen and oxygen atoms in total. The zero-order valence-electron chi connectivity index (χ0n) is 15.8. The van der Waals surface area contributed by atoms with Crippen molar-refractivity contribution in [3.8, 4) is 0 Å². The van der Waals surface area contributed by atoms with Gasteiger partial charge < -0.3 is 24.9 Å². The first kappa shape index (κ1) is 18.3. The Morgan fingerprint density at radius 2 is 1.86 bits per heavy atom. The first-order valence-electron chi connectivity index (χ1n) is 9.79. The van der Waals surface area contributed by atoms with Crippen LogP contribution in [0.2, 0.25) is 0 Å². The van der Waals surface area contributed by atoms with Crippen molar-refractivity contribution in [2.24, 2.45) is 0 Å². The van der Waals surface area contributed by atoms with Crippen LogP contribution in [0.3, 0.4) is 0 Å². The predicted octanol–water partition coefficient (Wildman–Crippen LogP) is 2.70. The lowest BCUT2D eigenvalue weighted by Crippen LogP contribution is -2.47. The highest BCUT2D eigenvalue weighted by Gasteiger charge is 2.25. The van der Waals surface area contributed by atoms with Crippen molar-refractivity contribution in [3.05, 3.63) is 42.5 Å². The fraction of sp³-hybridized carbons (Fsp3) is 0.450. The quantitative estimate of drug-likeness (QED) is 0.847. The third kappa shape index (κ3) is 4.27. The van der Waals surface area contributed by atoms with E-state index in [9.17, 15) is 9.59 Å². The van der Waals surface area contributed by atoms with Crippen molar-refractivity contribution in [2.75, 3.05) is 36.4 Å². The van der Waals surface area contributed by atoms with E-state index in [0.29, 0.717) is 24.3 Å². The second kappa shape index (κ2) is 8.33. The Morgan fingerprint density at radius 1 is 1.07 bits per heavy atom. The maximum Gasteiger partial charge on any atom is 0.319 e. The van der Waals surface area contributed by atoms with Crippen LogP contribution in [0.5, 0.6) is 0 Å². The van der Waals surface area contributed by atoms with E-state index in [2.05, 4.69) is 20.5 Å². The average molecular weight is 383 g/mol. The fourth-order valence-electron chi connectivity index (χ4n) is 3.74. The minimum Gasteiger partial charge on any atom is -0.472 e. The number of aromatic nitrogens is 1. The summed E-state index contributed by atoms with van der Waals surface area (Å²) in [7, 11) is 0. The van der Waals surface area contributed by atoms with Gasteiger partial charge in [-0.1, -0.05) is 0 Å². The summed E-state index contributed by atoms with van der Waals surface area (Å²) in [4.78, 5) is 33.1. The number of urea groups is 1. The van der Waals surface area contributed by atoms with Crippen LogP contribution in [0.1, 0.15) is 36.0 Å². The Kier molecular flexibility index (Phi) is 5.45. The number of carbonyl (C=O) groups is 2. The summed E-state index contributed by atoms with van der Waals surface area (Å²) >= 11 is 0. The first-order valence-corrected chi connectivity index (χ1v) is 9.79. The summed E-state index contributed by atoms with van der Waals surface area (Å²) in [5, 5.41) is 5.83. The van der Waals surface area contributed by atoms with Crippen molar-refractivity contribution < 1.29 is 14.0 Å². The lowest BCUT2D eigenvalue weighted by Gasteiger charge is -2.32. The molecule has 0 unspecified atom stereocenters. The van der Waals surface area contributed by atoms with Crippen LogP contribution >= 0.6 is 0 Å². The molecule has 2 fully saturated rings. The van der Waals surface area contributed by atoms with Gasteiger partial charge in [-0.2, -0.15) is 0 Å². The van der Waals surface area contributed by atoms with Crippen LogP contribution < -0.4 is 15.5 Å². The van der Waals surface area contributed by atoms with E-state index in [1.165, 1.54) is 25.4 Å². The summed E-state index contributed by atoms with van der Waals surface area (Å²) in [6.07, 6.45) is 8.51. The highest BCUT2D eigenvalue weighted by molar-refractivity contribution is 5.94. The molecule has 3 amide bonds. The smallest absolute Gasteiger partial charge is 0.319 e. The number of rotatable bonds is 4. The summed E-state index contributed by atoms with van der Waals surface area (Å²) < 4.78 is 4.97. The van der Waals surface area contributed by atoms with Gasteiger partial charge in [-0.15, -0.1) is 0 Å². The summed E-state index contributed by atoms with van der Waals surface area (Å²) in [5.74, 6) is 0.930. The summed E-state index contributed by atoms with van der Waals surface area (Å²) in [6.45, 7) is 3.31. The Labute approximate surface area is 163 Å². The predicted molar refractivity (Wildman–Crippen MR) is 105 cm³/mol. The van der Waals surface area contributed by atoms with Crippen LogP contribution in [0.4, 0.5) is 16.3 Å². The molecule has 0 bridgehead atoms. The number of furan rings is 1. The molecule has 148 valence electrons. The lowest BCUT2D eigenvalue weighted by atomic mass is 10.0. The average Bonchev–Trinajstić information content (AvgIpc) is 3.43. The van der Waals surface area contributed by atoms with E-state index in [0.717, 1.165) is 31.7 Å². The van der Waals surface area contributed by atoms with E-state index in [4.69, 9.17) is 4.42 Å². The van der Waals surface area contributed by atoms with E-state index in [1.54, 1.807) is 17.2 Å². The lowest BCUT2D eigenvalue weighted by molar-refractivity contribution is 0.0708. The van der Waals surface area contributed by atoms with Gasteiger partial charge in [0.05, 0.1) is 23.7 Å². The molecule has 2 N–H and O–H groups in total. The van der Waals surface area contributed by atoms with Crippen molar-refractivity contribution in [2.45, 2.75) is 31.7 Å². The van der Waals surface area contributed by atoms with Gasteiger partial charge in [0.25, 0.3) is 5.91 Å². The Morgan fingerprint density at radius 3 is 2.50 bits per heavy atom. The SMILES string of the molecule is O=C(Nc1ccc(N2CCCC2)nc1)NC1CCN(C(=O)c2ccoc2)CC1. The third-order valence-corrected chi connectivity index (χ3v) is 5.32. The standard InChI is InChI=1S/C20H25N5O3/c26-19(15-7-12-28-14-15)25-10-5-16(6-11-25)22-20(27)23-17-3-4-18(21-13-17)24-8-1-2-9-24/h3-4,7,12-14,16H,1-2,5-6,8-11H2,(H2,22,23,27). The molecule has 2 aliphatic heterocycles. The molecule has 0 spiro atoms. The van der Waals surface area contributed by atoms with Crippen LogP contribution in [0, 0.1) is 0 Å². The molecular weight excluding hydrogens is 358 g/mol. The second-order valence-electron chi connectivity index (χ2n) is 7.28. The Bertz CT molecular complexity index is 792. The minimum atomic E-state index is -0.240. The molecule has 28 heavy (non-hydrogen) atoms. The molecule has 0 atom stereocenters. The number of likely N-dealkylation sites (tertiary alicyclic amines) is 1. The number of pyridine rings is 1. The number of nitrogens with zero attached hydrogens (tertiary/aromatic N) is 3. The van der Waals surface area contributed by atoms with Crippen molar-refractivity contribution in [1.82, 2.24) is 15.2 Å². The van der Waals surface area contributed by atoms with Crippen molar-refractivity contribution >= 4 is 23.4 Å². The number of nitrogens with one attached hydrogen (secondary N) is 2. The Balaban J connectivity index is 1.23. The monoisotopic (exact) mass is 383 g/mol. The first-order chi connectivity index (χ1) is 13.7. The van der Waals surface area contributed by atoms with E-state index in [1.807, 2.05) is 12.1 Å². The van der Waals surface area contributed by atoms with Gasteiger partial charge in [0.15, 0.2) is 0 Å². The number of piperidine rings is 1. The van der Waals surface area contributed by atoms with Crippen molar-refractivity contribution in [1.29, 1.82) is 0 Å². The topological polar surface area (TPSA) is 90.7 Å². The largest absolute Gasteiger partial charge is 0.472 e. The zero-order chi connectivity index (χ0) is 19.3. The van der Waals surface area contributed by atoms with E-state index in [-0.39, 0.29) is 18.0 Å². The van der Waals surface area contributed by atoms with Crippen LogP contribution in [0.15, 0.2) is 41.3 Å². The van der Waals surface area contributed by atoms with Gasteiger partial charge in [-0.25, -0.2) is 9.78 Å². The van der Waals surface area contributed by atoms with E-state index < -0.39 is 0 Å². The molecule has 0 aliphatic carbocycles. The number of carbonyl (C=O) groups excluding carboxylic acids is 2. The van der Waals surface area contributed by atoms with Gasteiger partial charge >= 0.3 is 6.03 Å². The molecule has 4 heterocycles. The molecule has 2 aromatic heterocycles. The van der Waals surface area contributed by atoms with Gasteiger partial charge in [-0.3, -0.25) is 4.79 Å². The van der Waals surface area contributed by atoms with E-state index >= 15 is 0 Å². The normalized spacial score (nSPS) is 17.6. The molecule has 4 rings (SSSR count). The molecule has 0 aromatic carbocycles. The summed E-state index contributed by atoms with van der Waals surface area (Å²) in [5.41, 5.74) is 1.24. The van der Waals surface area contributed by atoms with Gasteiger partial charge in [0, 0.05) is 32.2 Å².